The average Bonchev–Trinajstić information content (AvgIpc) is 2.85. The Balaban J connectivity index is 2.19. The molecular formula is C28H39FN2O4. The molecule has 192 valence electrons. The van der Waals surface area contributed by atoms with E-state index in [4.69, 9.17) is 9.47 Å². The van der Waals surface area contributed by atoms with E-state index in [1.54, 1.807) is 17.0 Å². The van der Waals surface area contributed by atoms with Crippen LogP contribution >= 0.6 is 0 Å². The molecule has 2 amide bonds. The van der Waals surface area contributed by atoms with Gasteiger partial charge in [-0.3, -0.25) is 9.59 Å². The molecule has 1 N–H and O–H groups in total. The van der Waals surface area contributed by atoms with Crippen molar-refractivity contribution in [1.29, 1.82) is 0 Å². The molecule has 0 saturated carbocycles. The quantitative estimate of drug-likeness (QED) is 0.348. The number of hydrogen-bond acceptors (Lipinski definition) is 4. The van der Waals surface area contributed by atoms with Crippen LogP contribution in [0.3, 0.4) is 0 Å². The van der Waals surface area contributed by atoms with Crippen molar-refractivity contribution in [2.75, 3.05) is 19.8 Å². The summed E-state index contributed by atoms with van der Waals surface area (Å²) in [6.07, 6.45) is 3.08. The highest BCUT2D eigenvalue weighted by Crippen LogP contribution is 2.29. The highest BCUT2D eigenvalue weighted by Gasteiger charge is 2.28. The van der Waals surface area contributed by atoms with Crippen molar-refractivity contribution in [3.05, 3.63) is 59.4 Å². The lowest BCUT2D eigenvalue weighted by Gasteiger charge is -2.31. The van der Waals surface area contributed by atoms with Gasteiger partial charge in [0, 0.05) is 19.5 Å². The molecule has 0 bridgehead atoms. The number of carbonyl (C=O) groups excluding carboxylic acids is 2. The first-order valence-corrected chi connectivity index (χ1v) is 12.6. The Morgan fingerprint density at radius 3 is 2.23 bits per heavy atom. The van der Waals surface area contributed by atoms with Gasteiger partial charge < -0.3 is 19.7 Å². The largest absolute Gasteiger partial charge is 0.490 e. The summed E-state index contributed by atoms with van der Waals surface area (Å²) in [5.74, 6) is 0.715. The monoisotopic (exact) mass is 486 g/mol. The number of ether oxygens (including phenoxy) is 2. The van der Waals surface area contributed by atoms with E-state index in [1.165, 1.54) is 12.1 Å². The van der Waals surface area contributed by atoms with Crippen LogP contribution in [0.15, 0.2) is 42.5 Å². The highest BCUT2D eigenvalue weighted by molar-refractivity contribution is 5.87. The van der Waals surface area contributed by atoms with Crippen LogP contribution in [-0.4, -0.2) is 42.5 Å². The molecule has 0 radical (unpaired) electrons. The maximum atomic E-state index is 13.4. The molecule has 2 aromatic carbocycles. The van der Waals surface area contributed by atoms with Crippen molar-refractivity contribution in [3.63, 3.8) is 0 Å². The predicted octanol–water partition coefficient (Wildman–Crippen LogP) is 5.28. The molecule has 35 heavy (non-hydrogen) atoms. The van der Waals surface area contributed by atoms with Gasteiger partial charge in [0.1, 0.15) is 11.9 Å². The van der Waals surface area contributed by atoms with Crippen LogP contribution in [0.5, 0.6) is 11.5 Å². The molecule has 1 unspecified atom stereocenters. The summed E-state index contributed by atoms with van der Waals surface area (Å²) in [5.41, 5.74) is 1.73. The van der Waals surface area contributed by atoms with Crippen molar-refractivity contribution in [2.45, 2.75) is 72.4 Å². The summed E-state index contributed by atoms with van der Waals surface area (Å²) in [6.45, 7) is 9.66. The van der Waals surface area contributed by atoms with Gasteiger partial charge in [-0.1, -0.05) is 38.5 Å². The Bertz CT molecular complexity index is 933. The topological polar surface area (TPSA) is 67.9 Å². The van der Waals surface area contributed by atoms with Gasteiger partial charge in [0.25, 0.3) is 0 Å². The summed E-state index contributed by atoms with van der Waals surface area (Å²) in [5, 5.41) is 2.96. The van der Waals surface area contributed by atoms with Crippen LogP contribution in [0.4, 0.5) is 4.39 Å². The minimum atomic E-state index is -0.594. The fourth-order valence-electron chi connectivity index (χ4n) is 3.86. The van der Waals surface area contributed by atoms with Crippen molar-refractivity contribution in [3.8, 4) is 11.5 Å². The number of benzene rings is 2. The molecule has 0 aliphatic heterocycles. The van der Waals surface area contributed by atoms with Gasteiger partial charge in [-0.15, -0.1) is 0 Å². The van der Waals surface area contributed by atoms with Crippen LogP contribution in [0.2, 0.25) is 0 Å². The molecular weight excluding hydrogens is 447 g/mol. The number of hydrogen-bond donors (Lipinski definition) is 1. The maximum Gasteiger partial charge on any atom is 0.242 e. The van der Waals surface area contributed by atoms with E-state index >= 15 is 0 Å². The van der Waals surface area contributed by atoms with E-state index in [9.17, 15) is 14.0 Å². The normalized spacial score (nSPS) is 11.6. The summed E-state index contributed by atoms with van der Waals surface area (Å²) < 4.78 is 24.7. The third-order valence-electron chi connectivity index (χ3n) is 5.72. The Labute approximate surface area is 208 Å². The number of unbranched alkanes of at least 4 members (excludes halogenated alkanes) is 1. The van der Waals surface area contributed by atoms with E-state index < -0.39 is 6.04 Å². The second-order valence-corrected chi connectivity index (χ2v) is 8.36. The van der Waals surface area contributed by atoms with Crippen molar-refractivity contribution in [2.24, 2.45) is 0 Å². The molecule has 1 atom stereocenters. The van der Waals surface area contributed by atoms with Crippen LogP contribution < -0.4 is 14.8 Å². The lowest BCUT2D eigenvalue weighted by molar-refractivity contribution is -0.141. The number of carbonyl (C=O) groups is 2. The molecule has 6 nitrogen and oxygen atoms in total. The fraction of sp³-hybridized carbons (Fsp3) is 0.500. The number of nitrogens with one attached hydrogen (secondary N) is 1. The smallest absolute Gasteiger partial charge is 0.242 e. The first-order valence-electron chi connectivity index (χ1n) is 12.6. The molecule has 2 aromatic rings. The van der Waals surface area contributed by atoms with Gasteiger partial charge in [-0.25, -0.2) is 4.39 Å². The lowest BCUT2D eigenvalue weighted by Crippen LogP contribution is -2.49. The predicted molar refractivity (Wildman–Crippen MR) is 136 cm³/mol. The van der Waals surface area contributed by atoms with Gasteiger partial charge in [0.05, 0.1) is 13.2 Å². The molecule has 0 aliphatic carbocycles. The average molecular weight is 487 g/mol. The number of amides is 2. The van der Waals surface area contributed by atoms with Crippen molar-refractivity contribution in [1.82, 2.24) is 10.2 Å². The highest BCUT2D eigenvalue weighted by atomic mass is 19.1. The molecule has 2 rings (SSSR count). The Morgan fingerprint density at radius 1 is 0.943 bits per heavy atom. The first kappa shape index (κ1) is 28.1. The second kappa shape index (κ2) is 15.0. The zero-order chi connectivity index (χ0) is 25.6. The standard InChI is InChI=1S/C28H39FN2O4/c1-5-9-18-30-28(33)24(6-2)31(20-22-10-14-23(29)15-11-22)27(32)17-13-21-12-16-25(34-7-3)26(19-21)35-8-4/h10-12,14-16,19,24H,5-9,13,17-18,20H2,1-4H3,(H,30,33). The molecule has 0 saturated heterocycles. The van der Waals surface area contributed by atoms with Gasteiger partial charge in [-0.2, -0.15) is 0 Å². The summed E-state index contributed by atoms with van der Waals surface area (Å²) in [7, 11) is 0. The zero-order valence-electron chi connectivity index (χ0n) is 21.4. The molecule has 0 heterocycles. The first-order chi connectivity index (χ1) is 16.9. The number of halogens is 1. The maximum absolute atomic E-state index is 13.4. The van der Waals surface area contributed by atoms with Crippen molar-refractivity contribution >= 4 is 11.8 Å². The SMILES string of the molecule is CCCCNC(=O)C(CC)N(Cc1ccc(F)cc1)C(=O)CCc1ccc(OCC)c(OCC)c1. The lowest BCUT2D eigenvalue weighted by atomic mass is 10.1. The van der Waals surface area contributed by atoms with E-state index in [-0.39, 0.29) is 30.6 Å². The van der Waals surface area contributed by atoms with Crippen molar-refractivity contribution < 1.29 is 23.5 Å². The fourth-order valence-corrected chi connectivity index (χ4v) is 3.86. The van der Waals surface area contributed by atoms with E-state index in [0.717, 1.165) is 24.0 Å². The molecule has 0 aromatic heterocycles. The Morgan fingerprint density at radius 2 is 1.60 bits per heavy atom. The summed E-state index contributed by atoms with van der Waals surface area (Å²) in [4.78, 5) is 28.0. The number of rotatable bonds is 15. The molecule has 0 spiro atoms. The molecule has 7 heteroatoms. The van der Waals surface area contributed by atoms with E-state index in [2.05, 4.69) is 12.2 Å². The second-order valence-electron chi connectivity index (χ2n) is 8.36. The number of aryl methyl sites for hydroxylation is 1. The minimum absolute atomic E-state index is 0.126. The minimum Gasteiger partial charge on any atom is -0.490 e. The van der Waals surface area contributed by atoms with Gasteiger partial charge in [0.2, 0.25) is 11.8 Å². The third kappa shape index (κ3) is 8.89. The van der Waals surface area contributed by atoms with E-state index in [1.807, 2.05) is 39.0 Å². The zero-order valence-corrected chi connectivity index (χ0v) is 21.4. The van der Waals surface area contributed by atoms with E-state index in [0.29, 0.717) is 44.1 Å². The Hall–Kier alpha value is -3.09. The third-order valence-corrected chi connectivity index (χ3v) is 5.72. The molecule has 0 aliphatic rings. The Kier molecular flexibility index (Phi) is 12.1. The van der Waals surface area contributed by atoms with Gasteiger partial charge >= 0.3 is 0 Å². The molecule has 0 fully saturated rings. The summed E-state index contributed by atoms with van der Waals surface area (Å²) >= 11 is 0. The number of nitrogens with zero attached hydrogens (tertiary/aromatic N) is 1. The van der Waals surface area contributed by atoms with Gasteiger partial charge in [-0.05, 0) is 68.5 Å². The van der Waals surface area contributed by atoms with Crippen LogP contribution in [0.1, 0.15) is 64.5 Å². The van der Waals surface area contributed by atoms with Crippen LogP contribution in [-0.2, 0) is 22.6 Å². The van der Waals surface area contributed by atoms with Crippen LogP contribution in [0, 0.1) is 5.82 Å². The van der Waals surface area contributed by atoms with Crippen LogP contribution in [0.25, 0.3) is 0 Å². The summed E-state index contributed by atoms with van der Waals surface area (Å²) in [6, 6.07) is 11.1. The van der Waals surface area contributed by atoms with Gasteiger partial charge in [0.15, 0.2) is 11.5 Å².